The number of carboxylic acids is 1. The second-order valence-corrected chi connectivity index (χ2v) is 3.28. The van der Waals surface area contributed by atoms with Crippen LogP contribution in [0, 0.1) is 0 Å². The lowest BCUT2D eigenvalue weighted by molar-refractivity contribution is 0.0697. The fourth-order valence-electron chi connectivity index (χ4n) is 1.30. The van der Waals surface area contributed by atoms with E-state index < -0.39 is 18.9 Å². The van der Waals surface area contributed by atoms with Gasteiger partial charge in [0.25, 0.3) is 12.4 Å². The molecule has 0 atom stereocenters. The number of alkyl halides is 2. The average Bonchev–Trinajstić information content (AvgIpc) is 2.67. The number of aromatic nitrogens is 1. The molecule has 17 heavy (non-hydrogen) atoms. The van der Waals surface area contributed by atoms with E-state index in [1.165, 1.54) is 18.2 Å². The first kappa shape index (κ1) is 11.3. The molecule has 1 aromatic heterocycles. The predicted molar refractivity (Wildman–Crippen MR) is 55.5 cm³/mol. The number of rotatable bonds is 4. The van der Waals surface area contributed by atoms with Gasteiger partial charge in [-0.2, -0.15) is 4.98 Å². The summed E-state index contributed by atoms with van der Waals surface area (Å²) in [6.07, 6.45) is -2.51. The molecule has 2 N–H and O–H groups in total. The number of aromatic carboxylic acids is 1. The highest BCUT2D eigenvalue weighted by molar-refractivity contribution is 5.92. The molecule has 0 aliphatic rings. The Morgan fingerprint density at radius 2 is 2.29 bits per heavy atom. The number of fused-ring (bicyclic) bond motifs is 1. The summed E-state index contributed by atoms with van der Waals surface area (Å²) in [5.74, 6) is -1.09. The van der Waals surface area contributed by atoms with Crippen molar-refractivity contribution in [3.63, 3.8) is 0 Å². The second kappa shape index (κ2) is 4.36. The van der Waals surface area contributed by atoms with Gasteiger partial charge < -0.3 is 14.8 Å². The number of hydrogen-bond acceptors (Lipinski definition) is 4. The highest BCUT2D eigenvalue weighted by Crippen LogP contribution is 2.20. The largest absolute Gasteiger partial charge is 0.478 e. The van der Waals surface area contributed by atoms with Crippen molar-refractivity contribution in [3.05, 3.63) is 23.8 Å². The topological polar surface area (TPSA) is 75.4 Å². The van der Waals surface area contributed by atoms with Gasteiger partial charge >= 0.3 is 5.97 Å². The molecule has 7 heteroatoms. The first-order chi connectivity index (χ1) is 8.06. The molecular formula is C10H8F2N2O3. The van der Waals surface area contributed by atoms with Crippen LogP contribution in [0.25, 0.3) is 11.1 Å². The zero-order chi connectivity index (χ0) is 12.4. The van der Waals surface area contributed by atoms with Crippen molar-refractivity contribution in [2.24, 2.45) is 0 Å². The van der Waals surface area contributed by atoms with E-state index >= 15 is 0 Å². The fraction of sp³-hybridized carbons (Fsp3) is 0.200. The van der Waals surface area contributed by atoms with Gasteiger partial charge in [-0.15, -0.1) is 0 Å². The Balaban J connectivity index is 2.27. The van der Waals surface area contributed by atoms with Gasteiger partial charge in [-0.05, 0) is 18.2 Å². The van der Waals surface area contributed by atoms with Crippen molar-refractivity contribution in [1.29, 1.82) is 0 Å². The van der Waals surface area contributed by atoms with Crippen LogP contribution in [0.5, 0.6) is 0 Å². The van der Waals surface area contributed by atoms with Crippen molar-refractivity contribution >= 4 is 23.1 Å². The van der Waals surface area contributed by atoms with Gasteiger partial charge in [0.15, 0.2) is 5.58 Å². The third kappa shape index (κ3) is 2.49. The Bertz CT molecular complexity index is 553. The maximum absolute atomic E-state index is 11.9. The summed E-state index contributed by atoms with van der Waals surface area (Å²) >= 11 is 0. The van der Waals surface area contributed by atoms with Crippen molar-refractivity contribution in [2.75, 3.05) is 11.9 Å². The Hall–Kier alpha value is -2.18. The van der Waals surface area contributed by atoms with E-state index in [0.29, 0.717) is 5.52 Å². The third-order valence-corrected chi connectivity index (χ3v) is 2.04. The maximum atomic E-state index is 11.9. The number of hydrogen-bond donors (Lipinski definition) is 2. The molecule has 1 heterocycles. The van der Waals surface area contributed by atoms with Crippen LogP contribution in [-0.2, 0) is 0 Å². The van der Waals surface area contributed by atoms with Crippen LogP contribution in [-0.4, -0.2) is 29.0 Å². The number of nitrogens with one attached hydrogen (secondary N) is 1. The van der Waals surface area contributed by atoms with Crippen molar-refractivity contribution in [3.8, 4) is 0 Å². The summed E-state index contributed by atoms with van der Waals surface area (Å²) in [6, 6.07) is 4.06. The van der Waals surface area contributed by atoms with Crippen LogP contribution in [0.3, 0.4) is 0 Å². The van der Waals surface area contributed by atoms with E-state index in [1.807, 2.05) is 0 Å². The summed E-state index contributed by atoms with van der Waals surface area (Å²) in [6.45, 7) is -0.571. The highest BCUT2D eigenvalue weighted by atomic mass is 19.3. The van der Waals surface area contributed by atoms with Crippen molar-refractivity contribution < 1.29 is 23.1 Å². The van der Waals surface area contributed by atoms with Crippen LogP contribution < -0.4 is 5.32 Å². The smallest absolute Gasteiger partial charge is 0.335 e. The first-order valence-electron chi connectivity index (χ1n) is 4.72. The molecule has 0 radical (unpaired) electrons. The minimum absolute atomic E-state index is 0.0501. The van der Waals surface area contributed by atoms with Crippen molar-refractivity contribution in [2.45, 2.75) is 6.43 Å². The van der Waals surface area contributed by atoms with Gasteiger partial charge in [0.2, 0.25) is 0 Å². The minimum atomic E-state index is -2.51. The maximum Gasteiger partial charge on any atom is 0.335 e. The molecule has 1 aromatic carbocycles. The Kier molecular flexibility index (Phi) is 2.90. The van der Waals surface area contributed by atoms with Crippen LogP contribution >= 0.6 is 0 Å². The standard InChI is InChI=1S/C10H8F2N2O3/c11-8(12)4-13-10-14-6-2-1-5(9(15)16)3-7(6)17-10/h1-3,8H,4H2,(H,13,14)(H,15,16). The zero-order valence-corrected chi connectivity index (χ0v) is 8.48. The predicted octanol–water partition coefficient (Wildman–Crippen LogP) is 2.20. The van der Waals surface area contributed by atoms with Gasteiger partial charge in [-0.3, -0.25) is 0 Å². The molecule has 0 bridgehead atoms. The fourth-order valence-corrected chi connectivity index (χ4v) is 1.30. The lowest BCUT2D eigenvalue weighted by atomic mass is 10.2. The van der Waals surface area contributed by atoms with Gasteiger partial charge in [0.05, 0.1) is 12.1 Å². The van der Waals surface area contributed by atoms with Crippen LogP contribution in [0.4, 0.5) is 14.8 Å². The molecule has 90 valence electrons. The molecular weight excluding hydrogens is 234 g/mol. The van der Waals surface area contributed by atoms with Gasteiger partial charge in [0, 0.05) is 0 Å². The third-order valence-electron chi connectivity index (χ3n) is 2.04. The SMILES string of the molecule is O=C(O)c1ccc2nc(NCC(F)F)oc2c1. The monoisotopic (exact) mass is 242 g/mol. The van der Waals surface area contributed by atoms with E-state index in [-0.39, 0.29) is 17.2 Å². The van der Waals surface area contributed by atoms with Crippen LogP contribution in [0.2, 0.25) is 0 Å². The lowest BCUT2D eigenvalue weighted by Gasteiger charge is -1.97. The van der Waals surface area contributed by atoms with Crippen molar-refractivity contribution in [1.82, 2.24) is 4.98 Å². The molecule has 0 spiro atoms. The number of benzene rings is 1. The molecule has 0 saturated carbocycles. The Morgan fingerprint density at radius 3 is 2.94 bits per heavy atom. The number of oxazole rings is 1. The molecule has 5 nitrogen and oxygen atoms in total. The van der Waals surface area contributed by atoms with Crippen LogP contribution in [0.15, 0.2) is 22.6 Å². The minimum Gasteiger partial charge on any atom is -0.478 e. The number of carboxylic acid groups (broad SMARTS) is 1. The lowest BCUT2D eigenvalue weighted by Crippen LogP contribution is -2.10. The van der Waals surface area contributed by atoms with E-state index in [0.717, 1.165) is 0 Å². The zero-order valence-electron chi connectivity index (χ0n) is 8.48. The molecule has 0 aliphatic carbocycles. The number of halogens is 2. The summed E-state index contributed by atoms with van der Waals surface area (Å²) in [4.78, 5) is 14.6. The summed E-state index contributed by atoms with van der Waals surface area (Å²) in [7, 11) is 0. The molecule has 0 saturated heterocycles. The molecule has 0 fully saturated rings. The molecule has 0 aliphatic heterocycles. The van der Waals surface area contributed by atoms with E-state index in [9.17, 15) is 13.6 Å². The molecule has 2 rings (SSSR count). The quantitative estimate of drug-likeness (QED) is 0.859. The summed E-state index contributed by atoms with van der Waals surface area (Å²) in [5, 5.41) is 11.1. The summed E-state index contributed by atoms with van der Waals surface area (Å²) < 4.78 is 29.0. The normalized spacial score (nSPS) is 11.0. The first-order valence-corrected chi connectivity index (χ1v) is 4.72. The van der Waals surface area contributed by atoms with E-state index in [4.69, 9.17) is 9.52 Å². The highest BCUT2D eigenvalue weighted by Gasteiger charge is 2.10. The number of nitrogens with zero attached hydrogens (tertiary/aromatic N) is 1. The second-order valence-electron chi connectivity index (χ2n) is 3.28. The Labute approximate surface area is 94.1 Å². The van der Waals surface area contributed by atoms with Gasteiger partial charge in [-0.25, -0.2) is 13.6 Å². The van der Waals surface area contributed by atoms with Gasteiger partial charge in [0.1, 0.15) is 5.52 Å². The summed E-state index contributed by atoms with van der Waals surface area (Å²) in [5.41, 5.74) is 0.697. The van der Waals surface area contributed by atoms with E-state index in [1.54, 1.807) is 0 Å². The van der Waals surface area contributed by atoms with E-state index in [2.05, 4.69) is 10.3 Å². The number of carbonyl (C=O) groups is 1. The molecule has 0 amide bonds. The van der Waals surface area contributed by atoms with Crippen LogP contribution in [0.1, 0.15) is 10.4 Å². The molecule has 2 aromatic rings. The molecule has 0 unspecified atom stereocenters. The average molecular weight is 242 g/mol. The Morgan fingerprint density at radius 1 is 1.53 bits per heavy atom. The number of anilines is 1. The van der Waals surface area contributed by atoms with Gasteiger partial charge in [-0.1, -0.05) is 0 Å².